The number of primary amides is 1. The van der Waals surface area contributed by atoms with Gasteiger partial charge in [0.05, 0.1) is 17.6 Å². The highest BCUT2D eigenvalue weighted by atomic mass is 16.1. The molecule has 1 aromatic heterocycles. The molecule has 0 unspecified atom stereocenters. The summed E-state index contributed by atoms with van der Waals surface area (Å²) in [5, 5.41) is 3.38. The molecule has 1 atom stereocenters. The van der Waals surface area contributed by atoms with Gasteiger partial charge in [-0.1, -0.05) is 12.1 Å². The van der Waals surface area contributed by atoms with Gasteiger partial charge >= 0.3 is 0 Å². The lowest BCUT2D eigenvalue weighted by Crippen LogP contribution is -2.28. The molecule has 1 saturated heterocycles. The van der Waals surface area contributed by atoms with Gasteiger partial charge in [-0.05, 0) is 31.5 Å². The lowest BCUT2D eigenvalue weighted by atomic mass is 9.96. The van der Waals surface area contributed by atoms with Crippen molar-refractivity contribution < 1.29 is 4.79 Å². The molecule has 108 valence electrons. The van der Waals surface area contributed by atoms with E-state index in [0.717, 1.165) is 36.5 Å². The van der Waals surface area contributed by atoms with E-state index in [1.54, 1.807) is 24.4 Å². The number of nitrogens with zero attached hydrogens (tertiary/aromatic N) is 2. The van der Waals surface area contributed by atoms with Crippen LogP contribution >= 0.6 is 0 Å². The number of amides is 1. The molecule has 0 bridgehead atoms. The average molecular weight is 282 g/mol. The van der Waals surface area contributed by atoms with E-state index in [2.05, 4.69) is 15.3 Å². The SMILES string of the molecule is NC(=O)c1cccc(-c2cnc([C@@H]3CCCNC3)cn2)c1. The van der Waals surface area contributed by atoms with E-state index in [1.165, 1.54) is 6.42 Å². The van der Waals surface area contributed by atoms with Crippen LogP contribution in [0.3, 0.4) is 0 Å². The van der Waals surface area contributed by atoms with Crippen LogP contribution in [0.5, 0.6) is 0 Å². The second-order valence-electron chi connectivity index (χ2n) is 5.31. The number of rotatable bonds is 3. The summed E-state index contributed by atoms with van der Waals surface area (Å²) in [6, 6.07) is 7.14. The molecule has 0 radical (unpaired) electrons. The Morgan fingerprint density at radius 3 is 2.86 bits per heavy atom. The molecular formula is C16H18N4O. The summed E-state index contributed by atoms with van der Waals surface area (Å²) >= 11 is 0. The van der Waals surface area contributed by atoms with E-state index in [9.17, 15) is 4.79 Å². The molecule has 3 N–H and O–H groups in total. The Labute approximate surface area is 123 Å². The Hall–Kier alpha value is -2.27. The molecule has 5 heteroatoms. The van der Waals surface area contributed by atoms with Crippen molar-refractivity contribution in [1.82, 2.24) is 15.3 Å². The average Bonchev–Trinajstić information content (AvgIpc) is 2.56. The molecule has 2 heterocycles. The van der Waals surface area contributed by atoms with Crippen molar-refractivity contribution in [3.05, 3.63) is 47.9 Å². The molecule has 21 heavy (non-hydrogen) atoms. The van der Waals surface area contributed by atoms with Crippen molar-refractivity contribution in [2.75, 3.05) is 13.1 Å². The molecule has 0 aliphatic carbocycles. The first-order valence-corrected chi connectivity index (χ1v) is 7.17. The van der Waals surface area contributed by atoms with E-state index < -0.39 is 5.91 Å². The molecule has 0 spiro atoms. The molecule has 1 amide bonds. The van der Waals surface area contributed by atoms with Crippen LogP contribution in [0.2, 0.25) is 0 Å². The van der Waals surface area contributed by atoms with E-state index in [1.807, 2.05) is 12.3 Å². The second kappa shape index (κ2) is 6.01. The molecule has 3 rings (SSSR count). The zero-order chi connectivity index (χ0) is 14.7. The van der Waals surface area contributed by atoms with Crippen LogP contribution in [0.1, 0.15) is 34.8 Å². The van der Waals surface area contributed by atoms with Crippen LogP contribution in [0.4, 0.5) is 0 Å². The minimum absolute atomic E-state index is 0.435. The Bertz CT molecular complexity index is 633. The van der Waals surface area contributed by atoms with Crippen molar-refractivity contribution >= 4 is 5.91 Å². The smallest absolute Gasteiger partial charge is 0.248 e. The highest BCUT2D eigenvalue weighted by Crippen LogP contribution is 2.23. The summed E-state index contributed by atoms with van der Waals surface area (Å²) in [5.41, 5.74) is 8.42. The lowest BCUT2D eigenvalue weighted by Gasteiger charge is -2.21. The van der Waals surface area contributed by atoms with E-state index in [0.29, 0.717) is 11.5 Å². The molecule has 0 saturated carbocycles. The Balaban J connectivity index is 1.83. The van der Waals surface area contributed by atoms with Gasteiger partial charge in [0.25, 0.3) is 0 Å². The molecule has 1 aliphatic rings. The number of carbonyl (C=O) groups excluding carboxylic acids is 1. The van der Waals surface area contributed by atoms with Gasteiger partial charge in [0.2, 0.25) is 5.91 Å². The summed E-state index contributed by atoms with van der Waals surface area (Å²) in [5.74, 6) is 0.00645. The molecule has 2 aromatic rings. The van der Waals surface area contributed by atoms with Crippen molar-refractivity contribution in [2.24, 2.45) is 5.73 Å². The lowest BCUT2D eigenvalue weighted by molar-refractivity contribution is 0.100. The van der Waals surface area contributed by atoms with Gasteiger partial charge in [-0.2, -0.15) is 0 Å². The van der Waals surface area contributed by atoms with Gasteiger partial charge in [-0.25, -0.2) is 0 Å². The fourth-order valence-corrected chi connectivity index (χ4v) is 2.63. The van der Waals surface area contributed by atoms with Crippen LogP contribution in [0, 0.1) is 0 Å². The molecule has 1 fully saturated rings. The third-order valence-electron chi connectivity index (χ3n) is 3.83. The van der Waals surface area contributed by atoms with Crippen molar-refractivity contribution in [1.29, 1.82) is 0 Å². The Kier molecular flexibility index (Phi) is 3.92. The molecule has 1 aliphatic heterocycles. The van der Waals surface area contributed by atoms with E-state index >= 15 is 0 Å². The Morgan fingerprint density at radius 1 is 1.29 bits per heavy atom. The minimum Gasteiger partial charge on any atom is -0.366 e. The fourth-order valence-electron chi connectivity index (χ4n) is 2.63. The number of hydrogen-bond acceptors (Lipinski definition) is 4. The number of piperidine rings is 1. The highest BCUT2D eigenvalue weighted by molar-refractivity contribution is 5.93. The van der Waals surface area contributed by atoms with Crippen molar-refractivity contribution in [2.45, 2.75) is 18.8 Å². The van der Waals surface area contributed by atoms with Gasteiger partial charge in [-0.3, -0.25) is 14.8 Å². The maximum absolute atomic E-state index is 11.2. The predicted molar refractivity (Wildman–Crippen MR) is 80.8 cm³/mol. The van der Waals surface area contributed by atoms with Gasteiger partial charge < -0.3 is 11.1 Å². The van der Waals surface area contributed by atoms with E-state index in [-0.39, 0.29) is 0 Å². The summed E-state index contributed by atoms with van der Waals surface area (Å²) in [4.78, 5) is 20.2. The van der Waals surface area contributed by atoms with Crippen LogP contribution in [0.15, 0.2) is 36.7 Å². The van der Waals surface area contributed by atoms with Gasteiger partial charge in [0.15, 0.2) is 0 Å². The topological polar surface area (TPSA) is 80.9 Å². The summed E-state index contributed by atoms with van der Waals surface area (Å²) in [6.45, 7) is 2.05. The normalized spacial score (nSPS) is 18.4. The van der Waals surface area contributed by atoms with Crippen molar-refractivity contribution in [3.63, 3.8) is 0 Å². The Morgan fingerprint density at radius 2 is 2.19 bits per heavy atom. The third kappa shape index (κ3) is 3.08. The zero-order valence-corrected chi connectivity index (χ0v) is 11.7. The number of benzene rings is 1. The number of hydrogen-bond donors (Lipinski definition) is 2. The van der Waals surface area contributed by atoms with Crippen LogP contribution in [0.25, 0.3) is 11.3 Å². The summed E-state index contributed by atoms with van der Waals surface area (Å²) in [6.07, 6.45) is 5.93. The standard InChI is InChI=1S/C16H18N4O/c17-16(21)12-4-1-3-11(7-12)14-9-20-15(10-19-14)13-5-2-6-18-8-13/h1,3-4,7,9-10,13,18H,2,5-6,8H2,(H2,17,21)/t13-/m1/s1. The quantitative estimate of drug-likeness (QED) is 0.898. The number of carbonyl (C=O) groups is 1. The van der Waals surface area contributed by atoms with Crippen LogP contribution in [-0.2, 0) is 0 Å². The van der Waals surface area contributed by atoms with Crippen molar-refractivity contribution in [3.8, 4) is 11.3 Å². The molecule has 5 nitrogen and oxygen atoms in total. The van der Waals surface area contributed by atoms with Gasteiger partial charge in [0, 0.05) is 29.8 Å². The van der Waals surface area contributed by atoms with Crippen LogP contribution in [-0.4, -0.2) is 29.0 Å². The first-order chi connectivity index (χ1) is 10.2. The first-order valence-electron chi connectivity index (χ1n) is 7.17. The highest BCUT2D eigenvalue weighted by Gasteiger charge is 2.16. The zero-order valence-electron chi connectivity index (χ0n) is 11.7. The largest absolute Gasteiger partial charge is 0.366 e. The monoisotopic (exact) mass is 282 g/mol. The first kappa shape index (κ1) is 13.7. The predicted octanol–water partition coefficient (Wildman–Crippen LogP) is 1.71. The number of nitrogens with one attached hydrogen (secondary N) is 1. The number of aromatic nitrogens is 2. The minimum atomic E-state index is -0.435. The maximum atomic E-state index is 11.2. The third-order valence-corrected chi connectivity index (χ3v) is 3.83. The maximum Gasteiger partial charge on any atom is 0.248 e. The molecular weight excluding hydrogens is 264 g/mol. The second-order valence-corrected chi connectivity index (χ2v) is 5.31. The summed E-state index contributed by atoms with van der Waals surface area (Å²) in [7, 11) is 0. The number of nitrogens with two attached hydrogens (primary N) is 1. The fraction of sp³-hybridized carbons (Fsp3) is 0.312. The molecule has 1 aromatic carbocycles. The van der Waals surface area contributed by atoms with Gasteiger partial charge in [-0.15, -0.1) is 0 Å². The van der Waals surface area contributed by atoms with Crippen LogP contribution < -0.4 is 11.1 Å². The summed E-state index contributed by atoms with van der Waals surface area (Å²) < 4.78 is 0. The van der Waals surface area contributed by atoms with Gasteiger partial charge in [0.1, 0.15) is 0 Å². The van der Waals surface area contributed by atoms with E-state index in [4.69, 9.17) is 5.73 Å².